The van der Waals surface area contributed by atoms with E-state index in [4.69, 9.17) is 0 Å². The van der Waals surface area contributed by atoms with E-state index in [1.807, 2.05) is 6.92 Å². The van der Waals surface area contributed by atoms with Crippen molar-refractivity contribution >= 4 is 11.6 Å². The van der Waals surface area contributed by atoms with Gasteiger partial charge in [-0.25, -0.2) is 0 Å². The number of alkyl halides is 3. The molecule has 1 unspecified atom stereocenters. The lowest BCUT2D eigenvalue weighted by molar-refractivity contribution is -0.0816. The highest BCUT2D eigenvalue weighted by atomic mass is 19.4. The summed E-state index contributed by atoms with van der Waals surface area (Å²) in [5, 5.41) is 14.9. The zero-order valence-electron chi connectivity index (χ0n) is 13.3. The Morgan fingerprint density at radius 1 is 1.12 bits per heavy atom. The fraction of sp³-hybridized carbons (Fsp3) is 0.222. The molecule has 0 fully saturated rings. The summed E-state index contributed by atoms with van der Waals surface area (Å²) in [5.41, 5.74) is -2.19. The van der Waals surface area contributed by atoms with Gasteiger partial charge in [0.25, 0.3) is 5.91 Å². The van der Waals surface area contributed by atoms with Crippen molar-refractivity contribution in [1.82, 2.24) is 5.01 Å². The summed E-state index contributed by atoms with van der Waals surface area (Å²) in [6.45, 7) is 1.81. The van der Waals surface area contributed by atoms with Gasteiger partial charge in [-0.05, 0) is 19.1 Å². The molecule has 1 atom stereocenters. The number of amides is 1. The number of aliphatic hydroxyl groups is 1. The highest BCUT2D eigenvalue weighted by Crippen LogP contribution is 2.40. The number of hydrogen-bond donors (Lipinski definition) is 1. The van der Waals surface area contributed by atoms with Crippen LogP contribution in [0.3, 0.4) is 0 Å². The van der Waals surface area contributed by atoms with E-state index < -0.39 is 29.9 Å². The van der Waals surface area contributed by atoms with Crippen molar-refractivity contribution in [3.63, 3.8) is 0 Å². The molecule has 0 spiro atoms. The van der Waals surface area contributed by atoms with Crippen LogP contribution in [0.5, 0.6) is 0 Å². The second-order valence-electron chi connectivity index (χ2n) is 5.89. The first-order chi connectivity index (χ1) is 11.7. The van der Waals surface area contributed by atoms with E-state index >= 15 is 0 Å². The first-order valence-corrected chi connectivity index (χ1v) is 7.55. The van der Waals surface area contributed by atoms with Gasteiger partial charge >= 0.3 is 6.18 Å². The van der Waals surface area contributed by atoms with Crippen LogP contribution in [0.1, 0.15) is 27.9 Å². The van der Waals surface area contributed by atoms with Crippen LogP contribution in [0.25, 0.3) is 0 Å². The zero-order chi connectivity index (χ0) is 18.2. The van der Waals surface area contributed by atoms with Gasteiger partial charge in [-0.3, -0.25) is 4.79 Å². The predicted octanol–water partition coefficient (Wildman–Crippen LogP) is 3.60. The second kappa shape index (κ2) is 6.00. The summed E-state index contributed by atoms with van der Waals surface area (Å²) < 4.78 is 39.4. The van der Waals surface area contributed by atoms with Gasteiger partial charge in [0.05, 0.1) is 6.42 Å². The molecule has 3 rings (SSSR count). The Bertz CT molecular complexity index is 816. The van der Waals surface area contributed by atoms with Crippen molar-refractivity contribution in [3.05, 3.63) is 71.3 Å². The monoisotopic (exact) mass is 348 g/mol. The number of hydrogen-bond acceptors (Lipinski definition) is 3. The highest BCUT2D eigenvalue weighted by Gasteiger charge is 2.53. The van der Waals surface area contributed by atoms with Gasteiger partial charge < -0.3 is 5.11 Å². The zero-order valence-corrected chi connectivity index (χ0v) is 13.3. The smallest absolute Gasteiger partial charge is 0.365 e. The van der Waals surface area contributed by atoms with Crippen LogP contribution in [0, 0.1) is 6.92 Å². The summed E-state index contributed by atoms with van der Waals surface area (Å²) in [4.78, 5) is 12.7. The number of halogens is 3. The van der Waals surface area contributed by atoms with Crippen molar-refractivity contribution in [1.29, 1.82) is 0 Å². The molecule has 1 aliphatic rings. The average Bonchev–Trinajstić information content (AvgIpc) is 2.94. The Labute approximate surface area is 142 Å². The predicted molar refractivity (Wildman–Crippen MR) is 85.8 cm³/mol. The molecule has 0 radical (unpaired) electrons. The van der Waals surface area contributed by atoms with Gasteiger partial charge in [0.1, 0.15) is 5.71 Å². The van der Waals surface area contributed by atoms with Gasteiger partial charge in [0, 0.05) is 11.1 Å². The lowest BCUT2D eigenvalue weighted by atomic mass is 9.95. The first kappa shape index (κ1) is 17.2. The van der Waals surface area contributed by atoms with E-state index in [9.17, 15) is 23.1 Å². The lowest BCUT2D eigenvalue weighted by Gasteiger charge is -2.31. The van der Waals surface area contributed by atoms with Crippen molar-refractivity contribution in [2.45, 2.75) is 25.2 Å². The molecule has 0 bridgehead atoms. The van der Waals surface area contributed by atoms with Crippen LogP contribution in [-0.4, -0.2) is 27.9 Å². The minimum Gasteiger partial charge on any atom is -0.365 e. The molecule has 4 nitrogen and oxygen atoms in total. The number of nitrogens with zero attached hydrogens (tertiary/aromatic N) is 2. The normalized spacial score (nSPS) is 20.5. The summed E-state index contributed by atoms with van der Waals surface area (Å²) in [5.74, 6) is -0.803. The quantitative estimate of drug-likeness (QED) is 0.901. The molecule has 0 saturated heterocycles. The molecule has 0 aliphatic carbocycles. The standard InChI is InChI=1S/C18H15F3N2O2/c1-12-7-9-14(10-8-12)17(25)11-15(18(19,20)21)22-23(17)16(24)13-5-3-2-4-6-13/h2-10,25H,11H2,1H3. The van der Waals surface area contributed by atoms with Gasteiger partial charge in [0.15, 0.2) is 5.72 Å². The summed E-state index contributed by atoms with van der Waals surface area (Å²) in [6.07, 6.45) is -5.55. The molecule has 2 aromatic carbocycles. The van der Waals surface area contributed by atoms with Crippen LogP contribution in [0.15, 0.2) is 59.7 Å². The van der Waals surface area contributed by atoms with Gasteiger partial charge in [-0.15, -0.1) is 0 Å². The molecule has 2 aromatic rings. The van der Waals surface area contributed by atoms with Gasteiger partial charge in [0.2, 0.25) is 0 Å². The molecule has 1 aliphatic heterocycles. The Balaban J connectivity index is 2.07. The summed E-state index contributed by atoms with van der Waals surface area (Å²) >= 11 is 0. The third kappa shape index (κ3) is 3.15. The van der Waals surface area contributed by atoms with Crippen LogP contribution in [0.2, 0.25) is 0 Å². The maximum atomic E-state index is 13.1. The van der Waals surface area contributed by atoms with Gasteiger partial charge in [-0.2, -0.15) is 23.3 Å². The molecule has 25 heavy (non-hydrogen) atoms. The molecule has 1 amide bonds. The first-order valence-electron chi connectivity index (χ1n) is 7.55. The van der Waals surface area contributed by atoms with Crippen LogP contribution < -0.4 is 0 Å². The van der Waals surface area contributed by atoms with E-state index in [1.165, 1.54) is 24.3 Å². The number of carbonyl (C=O) groups is 1. The van der Waals surface area contributed by atoms with Crippen molar-refractivity contribution < 1.29 is 23.1 Å². The number of hydrazone groups is 1. The van der Waals surface area contributed by atoms with E-state index in [1.54, 1.807) is 30.3 Å². The van der Waals surface area contributed by atoms with Crippen LogP contribution >= 0.6 is 0 Å². The number of rotatable bonds is 2. The second-order valence-corrected chi connectivity index (χ2v) is 5.89. The number of carbonyl (C=O) groups excluding carboxylic acids is 1. The molecule has 0 saturated carbocycles. The fourth-order valence-corrected chi connectivity index (χ4v) is 2.67. The minimum absolute atomic E-state index is 0.139. The largest absolute Gasteiger partial charge is 0.431 e. The molecule has 1 heterocycles. The topological polar surface area (TPSA) is 52.9 Å². The molecular formula is C18H15F3N2O2. The Morgan fingerprint density at radius 3 is 2.28 bits per heavy atom. The van der Waals surface area contributed by atoms with Crippen LogP contribution in [-0.2, 0) is 5.72 Å². The Kier molecular flexibility index (Phi) is 4.12. The maximum absolute atomic E-state index is 13.1. The van der Waals surface area contributed by atoms with E-state index in [2.05, 4.69) is 5.10 Å². The van der Waals surface area contributed by atoms with E-state index in [-0.39, 0.29) is 11.1 Å². The third-order valence-corrected chi connectivity index (χ3v) is 4.04. The minimum atomic E-state index is -4.73. The maximum Gasteiger partial charge on any atom is 0.431 e. The SMILES string of the molecule is Cc1ccc(C2(O)CC(C(F)(F)F)=NN2C(=O)c2ccccc2)cc1. The highest BCUT2D eigenvalue weighted by molar-refractivity contribution is 5.99. The van der Waals surface area contributed by atoms with Crippen molar-refractivity contribution in [2.24, 2.45) is 5.10 Å². The van der Waals surface area contributed by atoms with Crippen molar-refractivity contribution in [2.75, 3.05) is 0 Å². The molecule has 7 heteroatoms. The van der Waals surface area contributed by atoms with Gasteiger partial charge in [-0.1, -0.05) is 48.0 Å². The van der Waals surface area contributed by atoms with E-state index in [0.29, 0.717) is 5.01 Å². The van der Waals surface area contributed by atoms with Crippen LogP contribution in [0.4, 0.5) is 13.2 Å². The molecule has 0 aromatic heterocycles. The molecule has 1 N–H and O–H groups in total. The summed E-state index contributed by atoms with van der Waals surface area (Å²) in [6, 6.07) is 14.1. The molecule has 130 valence electrons. The Hall–Kier alpha value is -2.67. The molecular weight excluding hydrogens is 333 g/mol. The lowest BCUT2D eigenvalue weighted by Crippen LogP contribution is -2.43. The fourth-order valence-electron chi connectivity index (χ4n) is 2.67. The summed E-state index contributed by atoms with van der Waals surface area (Å²) in [7, 11) is 0. The number of aryl methyl sites for hydroxylation is 1. The average molecular weight is 348 g/mol. The third-order valence-electron chi connectivity index (χ3n) is 4.04. The van der Waals surface area contributed by atoms with E-state index in [0.717, 1.165) is 5.56 Å². The van der Waals surface area contributed by atoms with Crippen molar-refractivity contribution in [3.8, 4) is 0 Å². The number of benzene rings is 2. The Morgan fingerprint density at radius 2 is 1.72 bits per heavy atom.